The molecule has 0 saturated heterocycles. The first-order valence-electron chi connectivity index (χ1n) is 8.78. The van der Waals surface area contributed by atoms with Crippen LogP contribution in [0.25, 0.3) is 11.4 Å². The molecule has 0 radical (unpaired) electrons. The predicted molar refractivity (Wildman–Crippen MR) is 94.8 cm³/mol. The second-order valence-electron chi connectivity index (χ2n) is 6.84. The van der Waals surface area contributed by atoms with Crippen LogP contribution < -0.4 is 0 Å². The molecule has 5 rings (SSSR count). The van der Waals surface area contributed by atoms with Gasteiger partial charge in [0.1, 0.15) is 5.82 Å². The van der Waals surface area contributed by atoms with Crippen LogP contribution in [0.15, 0.2) is 54.6 Å². The minimum atomic E-state index is -0.417. The van der Waals surface area contributed by atoms with Gasteiger partial charge in [0.2, 0.25) is 0 Å². The van der Waals surface area contributed by atoms with Gasteiger partial charge >= 0.3 is 0 Å². The smallest absolute Gasteiger partial charge is 0.164 e. The van der Waals surface area contributed by atoms with Gasteiger partial charge in [0.25, 0.3) is 0 Å². The Morgan fingerprint density at radius 3 is 2.56 bits per heavy atom. The number of aromatic nitrogens is 3. The van der Waals surface area contributed by atoms with E-state index in [0.717, 1.165) is 48.8 Å². The standard InChI is InChI=1S/C20H20N4O/c25-19-16-9-5-4-8-15(16)12-17(19)23-10-11-24-18(13-23)21-22-20(24)14-6-2-1-3-7-14/h1-9,17,19,25H,10-13H2/t17-,19-/m1/s1. The summed E-state index contributed by atoms with van der Waals surface area (Å²) in [5.41, 5.74) is 3.43. The minimum absolute atomic E-state index is 0.128. The lowest BCUT2D eigenvalue weighted by Gasteiger charge is -2.34. The zero-order chi connectivity index (χ0) is 16.8. The molecule has 5 heteroatoms. The molecule has 0 unspecified atom stereocenters. The third-order valence-electron chi connectivity index (χ3n) is 5.45. The number of fused-ring (bicyclic) bond motifs is 2. The maximum absolute atomic E-state index is 10.7. The van der Waals surface area contributed by atoms with Crippen molar-refractivity contribution in [2.45, 2.75) is 31.7 Å². The van der Waals surface area contributed by atoms with E-state index >= 15 is 0 Å². The summed E-state index contributed by atoms with van der Waals surface area (Å²) < 4.78 is 2.21. The zero-order valence-electron chi connectivity index (χ0n) is 13.9. The lowest BCUT2D eigenvalue weighted by molar-refractivity contribution is 0.0439. The van der Waals surface area contributed by atoms with Crippen molar-refractivity contribution in [1.29, 1.82) is 0 Å². The van der Waals surface area contributed by atoms with E-state index < -0.39 is 6.10 Å². The molecule has 0 spiro atoms. The first-order chi connectivity index (χ1) is 12.3. The number of aliphatic hydroxyl groups excluding tert-OH is 1. The third-order valence-corrected chi connectivity index (χ3v) is 5.45. The second kappa shape index (κ2) is 5.79. The third kappa shape index (κ3) is 2.39. The average Bonchev–Trinajstić information content (AvgIpc) is 3.24. The van der Waals surface area contributed by atoms with E-state index in [4.69, 9.17) is 0 Å². The minimum Gasteiger partial charge on any atom is -0.387 e. The fourth-order valence-electron chi connectivity index (χ4n) is 4.14. The van der Waals surface area contributed by atoms with Gasteiger partial charge in [-0.3, -0.25) is 4.90 Å². The molecule has 1 aliphatic carbocycles. The Balaban J connectivity index is 1.40. The largest absolute Gasteiger partial charge is 0.387 e. The summed E-state index contributed by atoms with van der Waals surface area (Å²) in [6.45, 7) is 2.49. The quantitative estimate of drug-likeness (QED) is 0.783. The molecule has 2 aliphatic rings. The van der Waals surface area contributed by atoms with Gasteiger partial charge in [-0.2, -0.15) is 0 Å². The summed E-state index contributed by atoms with van der Waals surface area (Å²) in [5.74, 6) is 1.92. The highest BCUT2D eigenvalue weighted by Crippen LogP contribution is 2.36. The van der Waals surface area contributed by atoms with E-state index in [0.29, 0.717) is 0 Å². The van der Waals surface area contributed by atoms with Gasteiger partial charge in [-0.1, -0.05) is 54.6 Å². The highest BCUT2D eigenvalue weighted by Gasteiger charge is 2.37. The van der Waals surface area contributed by atoms with Crippen molar-refractivity contribution in [3.8, 4) is 11.4 Å². The van der Waals surface area contributed by atoms with Crippen LogP contribution in [0.1, 0.15) is 23.1 Å². The van der Waals surface area contributed by atoms with Crippen LogP contribution in [0.4, 0.5) is 0 Å². The Morgan fingerprint density at radius 2 is 1.72 bits per heavy atom. The average molecular weight is 332 g/mol. The summed E-state index contributed by atoms with van der Waals surface area (Å²) >= 11 is 0. The summed E-state index contributed by atoms with van der Waals surface area (Å²) in [5, 5.41) is 19.6. The van der Waals surface area contributed by atoms with Crippen molar-refractivity contribution < 1.29 is 5.11 Å². The summed E-state index contributed by atoms with van der Waals surface area (Å²) in [7, 11) is 0. The maximum Gasteiger partial charge on any atom is 0.164 e. The summed E-state index contributed by atoms with van der Waals surface area (Å²) in [6, 6.07) is 18.5. The van der Waals surface area contributed by atoms with Crippen molar-refractivity contribution in [3.05, 3.63) is 71.5 Å². The van der Waals surface area contributed by atoms with Crippen LogP contribution in [0.3, 0.4) is 0 Å². The van der Waals surface area contributed by atoms with Crippen molar-refractivity contribution in [1.82, 2.24) is 19.7 Å². The first kappa shape index (κ1) is 14.8. The Hall–Kier alpha value is -2.50. The topological polar surface area (TPSA) is 54.2 Å². The molecule has 1 aromatic heterocycles. The Labute approximate surface area is 146 Å². The lowest BCUT2D eigenvalue weighted by Crippen LogP contribution is -2.43. The fraction of sp³-hybridized carbons (Fsp3) is 0.300. The van der Waals surface area contributed by atoms with Crippen LogP contribution in [0.5, 0.6) is 0 Å². The van der Waals surface area contributed by atoms with Crippen LogP contribution in [0.2, 0.25) is 0 Å². The molecule has 1 N–H and O–H groups in total. The zero-order valence-corrected chi connectivity index (χ0v) is 13.9. The van der Waals surface area contributed by atoms with Gasteiger partial charge in [0.15, 0.2) is 5.82 Å². The van der Waals surface area contributed by atoms with Gasteiger partial charge in [0, 0.05) is 24.7 Å². The van der Waals surface area contributed by atoms with Crippen molar-refractivity contribution >= 4 is 0 Å². The monoisotopic (exact) mass is 332 g/mol. The molecule has 126 valence electrons. The Kier molecular flexibility index (Phi) is 3.43. The van der Waals surface area contributed by atoms with Crippen LogP contribution in [-0.2, 0) is 19.5 Å². The molecule has 1 aliphatic heterocycles. The highest BCUT2D eigenvalue weighted by molar-refractivity contribution is 5.55. The molecule has 0 amide bonds. The molecule has 2 aromatic carbocycles. The first-order valence-corrected chi connectivity index (χ1v) is 8.78. The van der Waals surface area contributed by atoms with Gasteiger partial charge in [-0.25, -0.2) is 0 Å². The summed E-state index contributed by atoms with van der Waals surface area (Å²) in [6.07, 6.45) is 0.482. The summed E-state index contributed by atoms with van der Waals surface area (Å²) in [4.78, 5) is 2.35. The van der Waals surface area contributed by atoms with Crippen LogP contribution in [0, 0.1) is 0 Å². The molecule has 3 aromatic rings. The van der Waals surface area contributed by atoms with Crippen LogP contribution >= 0.6 is 0 Å². The number of nitrogens with zero attached hydrogens (tertiary/aromatic N) is 4. The van der Waals surface area contributed by atoms with E-state index in [1.165, 1.54) is 5.56 Å². The molecule has 0 saturated carbocycles. The number of aliphatic hydroxyl groups is 1. The van der Waals surface area contributed by atoms with Crippen molar-refractivity contribution in [2.75, 3.05) is 6.54 Å². The fourth-order valence-corrected chi connectivity index (χ4v) is 4.14. The predicted octanol–water partition coefficient (Wildman–Crippen LogP) is 2.42. The van der Waals surface area contributed by atoms with Gasteiger partial charge in [-0.15, -0.1) is 10.2 Å². The molecule has 2 heterocycles. The number of benzene rings is 2. The van der Waals surface area contributed by atoms with Gasteiger partial charge in [-0.05, 0) is 17.5 Å². The van der Waals surface area contributed by atoms with E-state index in [2.05, 4.69) is 37.9 Å². The molecule has 2 atom stereocenters. The van der Waals surface area contributed by atoms with Crippen molar-refractivity contribution in [2.24, 2.45) is 0 Å². The molecular formula is C20H20N4O. The van der Waals surface area contributed by atoms with Crippen LogP contribution in [-0.4, -0.2) is 37.4 Å². The molecular weight excluding hydrogens is 312 g/mol. The second-order valence-corrected chi connectivity index (χ2v) is 6.84. The van der Waals surface area contributed by atoms with E-state index in [1.807, 2.05) is 36.4 Å². The number of hydrogen-bond acceptors (Lipinski definition) is 4. The normalized spacial score (nSPS) is 22.6. The molecule has 5 nitrogen and oxygen atoms in total. The van der Waals surface area contributed by atoms with Gasteiger partial charge < -0.3 is 9.67 Å². The number of hydrogen-bond donors (Lipinski definition) is 1. The molecule has 25 heavy (non-hydrogen) atoms. The molecule has 0 fully saturated rings. The lowest BCUT2D eigenvalue weighted by atomic mass is 10.1. The van der Waals surface area contributed by atoms with E-state index in [-0.39, 0.29) is 6.04 Å². The SMILES string of the molecule is O[C@@H]1c2ccccc2C[C@H]1N1CCn2c(nnc2-c2ccccc2)C1. The maximum atomic E-state index is 10.7. The molecule has 0 bridgehead atoms. The Bertz CT molecular complexity index is 905. The van der Waals surface area contributed by atoms with E-state index in [1.54, 1.807) is 0 Å². The highest BCUT2D eigenvalue weighted by atomic mass is 16.3. The Morgan fingerprint density at radius 1 is 0.920 bits per heavy atom. The van der Waals surface area contributed by atoms with Gasteiger partial charge in [0.05, 0.1) is 12.6 Å². The van der Waals surface area contributed by atoms with E-state index in [9.17, 15) is 5.11 Å². The number of rotatable bonds is 2. The van der Waals surface area contributed by atoms with Crippen molar-refractivity contribution in [3.63, 3.8) is 0 Å².